The molecule has 2 aromatic carbocycles. The molecule has 0 radical (unpaired) electrons. The lowest BCUT2D eigenvalue weighted by Gasteiger charge is -2.25. The Hall–Kier alpha value is -3.32. The summed E-state index contributed by atoms with van der Waals surface area (Å²) in [4.78, 5) is 27.5. The van der Waals surface area contributed by atoms with E-state index < -0.39 is 17.7 Å². The zero-order chi connectivity index (χ0) is 22.8. The number of aliphatic hydroxyl groups excluding tert-OH is 1. The lowest BCUT2D eigenvalue weighted by atomic mass is 9.93. The second kappa shape index (κ2) is 9.04. The Morgan fingerprint density at radius 2 is 1.84 bits per heavy atom. The molecule has 2 aliphatic rings. The highest BCUT2D eigenvalue weighted by Gasteiger charge is 2.45. The van der Waals surface area contributed by atoms with Gasteiger partial charge in [0.1, 0.15) is 5.76 Å². The third-order valence-corrected chi connectivity index (χ3v) is 5.85. The first-order chi connectivity index (χ1) is 15.4. The Labute approximate surface area is 187 Å². The average molecular weight is 437 g/mol. The summed E-state index contributed by atoms with van der Waals surface area (Å²) < 4.78 is 15.9. The predicted octanol–water partition coefficient (Wildman–Crippen LogP) is 4.00. The first kappa shape index (κ1) is 21.9. The second-order valence-electron chi connectivity index (χ2n) is 8.23. The van der Waals surface area contributed by atoms with Gasteiger partial charge in [0.25, 0.3) is 11.7 Å². The molecule has 0 saturated carbocycles. The maximum absolute atomic E-state index is 13.1. The molecule has 2 aromatic rings. The minimum atomic E-state index is -0.699. The molecule has 168 valence electrons. The van der Waals surface area contributed by atoms with Gasteiger partial charge in [-0.05, 0) is 41.7 Å². The Morgan fingerprint density at radius 1 is 1.12 bits per heavy atom. The van der Waals surface area contributed by atoms with Crippen LogP contribution in [0.3, 0.4) is 0 Å². The minimum Gasteiger partial charge on any atom is -0.507 e. The number of nitrogens with zero attached hydrogens (tertiary/aromatic N) is 1. The third-order valence-electron chi connectivity index (χ3n) is 5.85. The molecule has 0 bridgehead atoms. The van der Waals surface area contributed by atoms with E-state index in [-0.39, 0.29) is 18.1 Å². The number of methoxy groups -OCH3 is 1. The van der Waals surface area contributed by atoms with Gasteiger partial charge in [0.15, 0.2) is 11.5 Å². The van der Waals surface area contributed by atoms with Gasteiger partial charge >= 0.3 is 0 Å². The molecular weight excluding hydrogens is 410 g/mol. The summed E-state index contributed by atoms with van der Waals surface area (Å²) in [6.07, 6.45) is 0.578. The van der Waals surface area contributed by atoms with Crippen LogP contribution in [0.25, 0.3) is 5.76 Å². The van der Waals surface area contributed by atoms with Crippen molar-refractivity contribution in [3.05, 3.63) is 64.7 Å². The molecule has 0 spiro atoms. The molecule has 2 heterocycles. The fourth-order valence-corrected chi connectivity index (χ4v) is 4.10. The van der Waals surface area contributed by atoms with Crippen molar-refractivity contribution in [2.75, 3.05) is 27.1 Å². The van der Waals surface area contributed by atoms with Gasteiger partial charge in [-0.2, -0.15) is 0 Å². The van der Waals surface area contributed by atoms with Gasteiger partial charge in [0.2, 0.25) is 6.79 Å². The predicted molar refractivity (Wildman–Crippen MR) is 119 cm³/mol. The molecule has 32 heavy (non-hydrogen) atoms. The minimum absolute atomic E-state index is 0.0728. The standard InChI is InChI=1S/C25H27NO6/c1-15(2)16-5-7-17(8-6-16)22-21(24(28)25(29)26(22)11-4-12-30-3)23(27)18-9-10-19-20(13-18)32-14-31-19/h5-10,13,15,22,27H,4,11-12,14H2,1-3H3/b23-21-. The van der Waals surface area contributed by atoms with Crippen LogP contribution >= 0.6 is 0 Å². The van der Waals surface area contributed by atoms with Crippen molar-refractivity contribution < 1.29 is 28.9 Å². The van der Waals surface area contributed by atoms with Gasteiger partial charge in [-0.3, -0.25) is 9.59 Å². The van der Waals surface area contributed by atoms with Crippen molar-refractivity contribution in [3.63, 3.8) is 0 Å². The first-order valence-electron chi connectivity index (χ1n) is 10.7. The van der Waals surface area contributed by atoms with Crippen molar-refractivity contribution in [2.45, 2.75) is 32.2 Å². The summed E-state index contributed by atoms with van der Waals surface area (Å²) in [7, 11) is 1.59. The lowest BCUT2D eigenvalue weighted by molar-refractivity contribution is -0.140. The van der Waals surface area contributed by atoms with E-state index in [4.69, 9.17) is 14.2 Å². The van der Waals surface area contributed by atoms with Gasteiger partial charge in [0, 0.05) is 25.8 Å². The molecule has 4 rings (SSSR count). The van der Waals surface area contributed by atoms with E-state index >= 15 is 0 Å². The molecule has 1 amide bonds. The van der Waals surface area contributed by atoms with Crippen LogP contribution in [0.1, 0.15) is 48.9 Å². The third kappa shape index (κ3) is 3.96. The van der Waals surface area contributed by atoms with Crippen LogP contribution in [0.5, 0.6) is 11.5 Å². The van der Waals surface area contributed by atoms with Gasteiger partial charge < -0.3 is 24.2 Å². The van der Waals surface area contributed by atoms with Crippen molar-refractivity contribution in [1.82, 2.24) is 4.90 Å². The monoisotopic (exact) mass is 437 g/mol. The molecule has 0 aromatic heterocycles. The van der Waals surface area contributed by atoms with Crippen LogP contribution in [0, 0.1) is 0 Å². The molecule has 0 aliphatic carbocycles. The highest BCUT2D eigenvalue weighted by molar-refractivity contribution is 6.46. The molecule has 1 unspecified atom stereocenters. The van der Waals surface area contributed by atoms with Crippen LogP contribution in [0.15, 0.2) is 48.0 Å². The molecule has 7 nitrogen and oxygen atoms in total. The van der Waals surface area contributed by atoms with E-state index in [0.717, 1.165) is 11.1 Å². The van der Waals surface area contributed by atoms with E-state index in [2.05, 4.69) is 13.8 Å². The van der Waals surface area contributed by atoms with Crippen molar-refractivity contribution >= 4 is 17.4 Å². The van der Waals surface area contributed by atoms with E-state index in [9.17, 15) is 14.7 Å². The summed E-state index contributed by atoms with van der Waals surface area (Å²) in [5.41, 5.74) is 2.39. The highest BCUT2D eigenvalue weighted by atomic mass is 16.7. The number of likely N-dealkylation sites (tertiary alicyclic amines) is 1. The molecule has 1 saturated heterocycles. The van der Waals surface area contributed by atoms with Crippen LogP contribution in [0.4, 0.5) is 0 Å². The number of benzene rings is 2. The largest absolute Gasteiger partial charge is 0.507 e. The zero-order valence-corrected chi connectivity index (χ0v) is 18.5. The van der Waals surface area contributed by atoms with Gasteiger partial charge in [-0.25, -0.2) is 0 Å². The number of hydrogen-bond acceptors (Lipinski definition) is 6. The summed E-state index contributed by atoms with van der Waals surface area (Å²) in [6, 6.07) is 12.1. The number of fused-ring (bicyclic) bond motifs is 1. The number of amides is 1. The lowest BCUT2D eigenvalue weighted by Crippen LogP contribution is -2.31. The van der Waals surface area contributed by atoms with Crippen LogP contribution in [-0.2, 0) is 14.3 Å². The van der Waals surface area contributed by atoms with E-state index in [1.165, 1.54) is 4.90 Å². The van der Waals surface area contributed by atoms with Gasteiger partial charge in [0.05, 0.1) is 11.6 Å². The number of Topliss-reactive ketones (excluding diaryl/α,β-unsaturated/α-hetero) is 1. The zero-order valence-electron chi connectivity index (χ0n) is 18.5. The fraction of sp³-hybridized carbons (Fsp3) is 0.360. The summed E-state index contributed by atoms with van der Waals surface area (Å²) in [5.74, 6) is -0.139. The number of hydrogen-bond donors (Lipinski definition) is 1. The van der Waals surface area contributed by atoms with E-state index in [1.807, 2.05) is 24.3 Å². The van der Waals surface area contributed by atoms with Gasteiger partial charge in [-0.15, -0.1) is 0 Å². The van der Waals surface area contributed by atoms with Crippen molar-refractivity contribution in [3.8, 4) is 11.5 Å². The van der Waals surface area contributed by atoms with E-state index in [0.29, 0.717) is 42.6 Å². The van der Waals surface area contributed by atoms with Crippen LogP contribution < -0.4 is 9.47 Å². The highest BCUT2D eigenvalue weighted by Crippen LogP contribution is 2.41. The normalized spacial score (nSPS) is 19.2. The molecule has 2 aliphatic heterocycles. The first-order valence-corrected chi connectivity index (χ1v) is 10.7. The molecular formula is C25H27NO6. The smallest absolute Gasteiger partial charge is 0.295 e. The maximum Gasteiger partial charge on any atom is 0.295 e. The number of ketones is 1. The Kier molecular flexibility index (Phi) is 6.19. The number of rotatable bonds is 7. The topological polar surface area (TPSA) is 85.3 Å². The quantitative estimate of drug-likeness (QED) is 0.305. The number of carbonyl (C=O) groups is 2. The van der Waals surface area contributed by atoms with Crippen molar-refractivity contribution in [1.29, 1.82) is 0 Å². The Balaban J connectivity index is 1.79. The molecule has 7 heteroatoms. The average Bonchev–Trinajstić information content (AvgIpc) is 3.36. The number of aliphatic hydroxyl groups is 1. The van der Waals surface area contributed by atoms with Gasteiger partial charge in [-0.1, -0.05) is 38.1 Å². The summed E-state index contributed by atoms with van der Waals surface area (Å²) in [6.45, 7) is 5.11. The SMILES string of the molecule is COCCCN1C(=O)C(=O)/C(=C(\O)c2ccc3c(c2)OCO3)C1c1ccc(C(C)C)cc1. The fourth-order valence-electron chi connectivity index (χ4n) is 4.10. The van der Waals surface area contributed by atoms with E-state index in [1.54, 1.807) is 25.3 Å². The summed E-state index contributed by atoms with van der Waals surface area (Å²) in [5, 5.41) is 11.2. The second-order valence-corrected chi connectivity index (χ2v) is 8.23. The Morgan fingerprint density at radius 3 is 2.53 bits per heavy atom. The molecule has 1 N–H and O–H groups in total. The number of ether oxygens (including phenoxy) is 3. The van der Waals surface area contributed by atoms with Crippen LogP contribution in [-0.4, -0.2) is 48.8 Å². The maximum atomic E-state index is 13.1. The summed E-state index contributed by atoms with van der Waals surface area (Å²) >= 11 is 0. The number of carbonyl (C=O) groups excluding carboxylic acids is 2. The molecule has 1 fully saturated rings. The van der Waals surface area contributed by atoms with Crippen LogP contribution in [0.2, 0.25) is 0 Å². The molecule has 1 atom stereocenters. The van der Waals surface area contributed by atoms with Crippen molar-refractivity contribution in [2.24, 2.45) is 0 Å². The Bertz CT molecular complexity index is 1060.